The lowest BCUT2D eigenvalue weighted by molar-refractivity contribution is -0.219. The number of ether oxygens (including phenoxy) is 2. The Bertz CT molecular complexity index is 960. The average Bonchev–Trinajstić information content (AvgIpc) is 3.06. The van der Waals surface area contributed by atoms with E-state index in [0.717, 1.165) is 5.56 Å². The van der Waals surface area contributed by atoms with Gasteiger partial charge in [-0.05, 0) is 38.2 Å². The van der Waals surface area contributed by atoms with Gasteiger partial charge in [0.15, 0.2) is 16.8 Å². The predicted octanol–water partition coefficient (Wildman–Crippen LogP) is 0.438. The molecule has 1 fully saturated rings. The zero-order chi connectivity index (χ0) is 22.7. The molecule has 1 aromatic heterocycles. The number of hydrogen-bond acceptors (Lipinski definition) is 8. The summed E-state index contributed by atoms with van der Waals surface area (Å²) in [6.45, 7) is 5.31. The average molecular weight is 453 g/mol. The summed E-state index contributed by atoms with van der Waals surface area (Å²) in [6, 6.07) is 6.58. The molecule has 4 N–H and O–H groups in total. The summed E-state index contributed by atoms with van der Waals surface area (Å²) in [7, 11) is 0. The fourth-order valence-electron chi connectivity index (χ4n) is 3.53. The van der Waals surface area contributed by atoms with E-state index in [9.17, 15) is 20.1 Å². The Balaban J connectivity index is 1.92. The van der Waals surface area contributed by atoms with Gasteiger partial charge in [-0.25, -0.2) is 4.68 Å². The highest BCUT2D eigenvalue weighted by atomic mass is 32.1. The summed E-state index contributed by atoms with van der Waals surface area (Å²) in [5.41, 5.74) is 1.12. The van der Waals surface area contributed by atoms with Gasteiger partial charge in [0, 0.05) is 13.5 Å². The number of carbonyl (C=O) groups is 1. The van der Waals surface area contributed by atoms with Gasteiger partial charge in [-0.1, -0.05) is 17.7 Å². The monoisotopic (exact) mass is 452 g/mol. The van der Waals surface area contributed by atoms with Crippen molar-refractivity contribution in [1.82, 2.24) is 19.7 Å². The maximum Gasteiger partial charge on any atom is 0.217 e. The van der Waals surface area contributed by atoms with Crippen molar-refractivity contribution in [3.8, 4) is 5.75 Å². The van der Waals surface area contributed by atoms with Gasteiger partial charge in [0.25, 0.3) is 0 Å². The third-order valence-corrected chi connectivity index (χ3v) is 5.59. The molecule has 3 rings (SSSR count). The van der Waals surface area contributed by atoms with Crippen LogP contribution in [0.25, 0.3) is 0 Å². The van der Waals surface area contributed by atoms with E-state index in [1.807, 2.05) is 38.1 Å². The number of rotatable bonds is 7. The minimum Gasteiger partial charge on any atom is -0.486 e. The highest BCUT2D eigenvalue weighted by molar-refractivity contribution is 7.71. The van der Waals surface area contributed by atoms with Crippen LogP contribution in [0.1, 0.15) is 31.5 Å². The fraction of sp³-hybridized carbons (Fsp3) is 0.550. The molecular weight excluding hydrogens is 424 g/mol. The zero-order valence-corrected chi connectivity index (χ0v) is 18.5. The second-order valence-corrected chi connectivity index (χ2v) is 7.81. The van der Waals surface area contributed by atoms with Crippen LogP contribution in [0.3, 0.4) is 0 Å². The van der Waals surface area contributed by atoms with Crippen molar-refractivity contribution in [2.75, 3.05) is 6.61 Å². The third kappa shape index (κ3) is 4.96. The molecule has 0 unspecified atom stereocenters. The Morgan fingerprint density at radius 1 is 1.29 bits per heavy atom. The Morgan fingerprint density at radius 2 is 1.97 bits per heavy atom. The molecule has 0 bridgehead atoms. The van der Waals surface area contributed by atoms with Crippen molar-refractivity contribution in [1.29, 1.82) is 0 Å². The topological polar surface area (TPSA) is 131 Å². The van der Waals surface area contributed by atoms with Gasteiger partial charge in [0.1, 0.15) is 36.7 Å². The zero-order valence-electron chi connectivity index (χ0n) is 17.6. The van der Waals surface area contributed by atoms with Crippen LogP contribution < -0.4 is 10.1 Å². The Labute approximate surface area is 185 Å². The molecule has 170 valence electrons. The summed E-state index contributed by atoms with van der Waals surface area (Å²) >= 11 is 5.56. The van der Waals surface area contributed by atoms with Crippen LogP contribution in [0.2, 0.25) is 0 Å². The number of nitrogens with one attached hydrogen (secondary N) is 1. The van der Waals surface area contributed by atoms with Gasteiger partial charge in [-0.2, -0.15) is 5.10 Å². The molecule has 1 saturated heterocycles. The summed E-state index contributed by atoms with van der Waals surface area (Å²) < 4.78 is 15.0. The van der Waals surface area contributed by atoms with Crippen LogP contribution >= 0.6 is 12.2 Å². The molecule has 1 aromatic carbocycles. The van der Waals surface area contributed by atoms with Crippen molar-refractivity contribution in [2.45, 2.75) is 64.5 Å². The lowest BCUT2D eigenvalue weighted by Crippen LogP contribution is -2.62. The molecule has 11 heteroatoms. The number of aliphatic hydroxyl groups excluding tert-OH is 3. The van der Waals surface area contributed by atoms with Gasteiger partial charge in [-0.15, -0.1) is 0 Å². The number of aromatic nitrogens is 3. The normalized spacial score (nSPS) is 25.9. The summed E-state index contributed by atoms with van der Waals surface area (Å²) in [5.74, 6) is 0.786. The maximum atomic E-state index is 11.7. The molecule has 2 heterocycles. The molecule has 0 aliphatic carbocycles. The van der Waals surface area contributed by atoms with E-state index in [4.69, 9.17) is 21.7 Å². The minimum absolute atomic E-state index is 0.139. The molecule has 1 aliphatic rings. The van der Waals surface area contributed by atoms with E-state index in [-0.39, 0.29) is 6.61 Å². The maximum absolute atomic E-state index is 11.7. The summed E-state index contributed by atoms with van der Waals surface area (Å²) in [6.07, 6.45) is -4.87. The van der Waals surface area contributed by atoms with E-state index >= 15 is 0 Å². The number of benzene rings is 1. The third-order valence-electron chi connectivity index (χ3n) is 5.18. The molecule has 1 amide bonds. The number of carbonyl (C=O) groups excluding carboxylic acids is 1. The van der Waals surface area contributed by atoms with Gasteiger partial charge < -0.3 is 34.7 Å². The molecule has 2 aromatic rings. The number of nitrogens with zero attached hydrogens (tertiary/aromatic N) is 3. The van der Waals surface area contributed by atoms with Crippen LogP contribution in [-0.2, 0) is 22.7 Å². The van der Waals surface area contributed by atoms with Gasteiger partial charge in [0.2, 0.25) is 5.91 Å². The molecule has 0 spiro atoms. The largest absolute Gasteiger partial charge is 0.486 e. The fourth-order valence-corrected chi connectivity index (χ4v) is 3.90. The molecule has 1 aliphatic heterocycles. The first kappa shape index (κ1) is 23.4. The lowest BCUT2D eigenvalue weighted by Gasteiger charge is -2.42. The highest BCUT2D eigenvalue weighted by Gasteiger charge is 2.46. The standard InChI is InChI=1S/C20H28N4O6S/c1-4-23-15(10-29-13-7-5-11(2)6-8-13)22-24(20(23)31)19-16(21-12(3)26)18(28)17(27)14(9-25)30-19/h5-8,14,16-19,25,27-28H,4,9-10H2,1-3H3,(H,21,26)/t14-,16-,17-,18-,19-/m1/s1. The summed E-state index contributed by atoms with van der Waals surface area (Å²) in [5, 5.41) is 37.4. The lowest BCUT2D eigenvalue weighted by atomic mass is 9.96. The number of hydrogen-bond donors (Lipinski definition) is 4. The number of aliphatic hydroxyl groups is 3. The second-order valence-electron chi connectivity index (χ2n) is 7.44. The number of aryl methyl sites for hydroxylation is 1. The summed E-state index contributed by atoms with van der Waals surface area (Å²) in [4.78, 5) is 11.7. The van der Waals surface area contributed by atoms with Crippen LogP contribution in [-0.4, -0.2) is 66.5 Å². The first-order chi connectivity index (χ1) is 14.8. The van der Waals surface area contributed by atoms with E-state index in [2.05, 4.69) is 10.4 Å². The van der Waals surface area contributed by atoms with Crippen molar-refractivity contribution < 1.29 is 29.6 Å². The predicted molar refractivity (Wildman–Crippen MR) is 113 cm³/mol. The van der Waals surface area contributed by atoms with Crippen LogP contribution in [0.5, 0.6) is 5.75 Å². The Kier molecular flexibility index (Phi) is 7.44. The van der Waals surface area contributed by atoms with E-state index < -0.39 is 43.1 Å². The van der Waals surface area contributed by atoms with Gasteiger partial charge in [0.05, 0.1) is 6.61 Å². The molecular formula is C20H28N4O6S. The van der Waals surface area contributed by atoms with Crippen molar-refractivity contribution >= 4 is 18.1 Å². The highest BCUT2D eigenvalue weighted by Crippen LogP contribution is 2.29. The molecule has 0 saturated carbocycles. The molecule has 31 heavy (non-hydrogen) atoms. The van der Waals surface area contributed by atoms with Gasteiger partial charge >= 0.3 is 0 Å². The molecule has 5 atom stereocenters. The van der Waals surface area contributed by atoms with Crippen molar-refractivity contribution in [3.63, 3.8) is 0 Å². The van der Waals surface area contributed by atoms with Crippen LogP contribution in [0, 0.1) is 11.7 Å². The van der Waals surface area contributed by atoms with Crippen molar-refractivity contribution in [3.05, 3.63) is 40.4 Å². The quantitative estimate of drug-likeness (QED) is 0.445. The smallest absolute Gasteiger partial charge is 0.217 e. The SMILES string of the molecule is CCn1c(COc2ccc(C)cc2)nn([C@@H]2O[C@H](CO)[C@@H](O)[C@H](O)[C@H]2NC(C)=O)c1=S. The minimum atomic E-state index is -1.39. The first-order valence-corrected chi connectivity index (χ1v) is 10.4. The van der Waals surface area contributed by atoms with E-state index in [1.54, 1.807) is 4.57 Å². The second kappa shape index (κ2) is 9.88. The first-order valence-electron chi connectivity index (χ1n) is 10.0. The van der Waals surface area contributed by atoms with E-state index in [0.29, 0.717) is 22.9 Å². The van der Waals surface area contributed by atoms with Crippen LogP contribution in [0.4, 0.5) is 0 Å². The van der Waals surface area contributed by atoms with Gasteiger partial charge in [-0.3, -0.25) is 4.79 Å². The molecule has 10 nitrogen and oxygen atoms in total. The number of amides is 1. The Morgan fingerprint density at radius 3 is 2.55 bits per heavy atom. The van der Waals surface area contributed by atoms with Crippen molar-refractivity contribution in [2.24, 2.45) is 0 Å². The molecule has 0 radical (unpaired) electrons. The van der Waals surface area contributed by atoms with E-state index in [1.165, 1.54) is 11.6 Å². The van der Waals surface area contributed by atoms with Crippen LogP contribution in [0.15, 0.2) is 24.3 Å². The Hall–Kier alpha value is -2.31.